The van der Waals surface area contributed by atoms with Gasteiger partial charge in [0.15, 0.2) is 17.4 Å². The van der Waals surface area contributed by atoms with Gasteiger partial charge in [-0.1, -0.05) is 54.1 Å². The van der Waals surface area contributed by atoms with E-state index in [0.717, 1.165) is 41.2 Å². The Bertz CT molecular complexity index is 1780. The molecule has 7 nitrogen and oxygen atoms in total. The first-order valence-corrected chi connectivity index (χ1v) is 17.5. The fourth-order valence-electron chi connectivity index (χ4n) is 6.56. The van der Waals surface area contributed by atoms with Gasteiger partial charge in [0, 0.05) is 48.7 Å². The Morgan fingerprint density at radius 1 is 1.04 bits per heavy atom. The molecular weight excluding hydrogens is 639 g/mol. The molecule has 3 aromatic rings. The number of rotatable bonds is 10. The predicted molar refractivity (Wildman–Crippen MR) is 170 cm³/mol. The van der Waals surface area contributed by atoms with E-state index in [1.54, 1.807) is 13.0 Å². The summed E-state index contributed by atoms with van der Waals surface area (Å²) >= 11 is 6.48. The molecule has 3 aliphatic rings. The molecule has 46 heavy (non-hydrogen) atoms. The van der Waals surface area contributed by atoms with Gasteiger partial charge in [0.25, 0.3) is 5.91 Å². The summed E-state index contributed by atoms with van der Waals surface area (Å²) in [6.45, 7) is 2.71. The van der Waals surface area contributed by atoms with Crippen molar-refractivity contribution in [2.75, 3.05) is 19.3 Å². The summed E-state index contributed by atoms with van der Waals surface area (Å²) in [5, 5.41) is 3.89. The first kappa shape index (κ1) is 32.6. The molecule has 2 fully saturated rings. The zero-order chi connectivity index (χ0) is 32.7. The molecule has 0 aromatic heterocycles. The van der Waals surface area contributed by atoms with Crippen LogP contribution in [-0.2, 0) is 27.8 Å². The summed E-state index contributed by atoms with van der Waals surface area (Å²) in [7, 11) is -3.63. The van der Waals surface area contributed by atoms with Crippen molar-refractivity contribution in [3.63, 3.8) is 0 Å². The Morgan fingerprint density at radius 2 is 1.74 bits per heavy atom. The van der Waals surface area contributed by atoms with Gasteiger partial charge >= 0.3 is 0 Å². The molecule has 3 unspecified atom stereocenters. The third kappa shape index (κ3) is 6.69. The largest absolute Gasteiger partial charge is 0.484 e. The van der Waals surface area contributed by atoms with Crippen molar-refractivity contribution in [3.05, 3.63) is 105 Å². The lowest BCUT2D eigenvalue weighted by molar-refractivity contribution is -0.129. The number of fused-ring (bicyclic) bond motifs is 2. The highest BCUT2D eigenvalue weighted by Crippen LogP contribution is 2.41. The summed E-state index contributed by atoms with van der Waals surface area (Å²) in [6, 6.07) is 15.4. The third-order valence-corrected chi connectivity index (χ3v) is 10.5. The molecule has 3 atom stereocenters. The van der Waals surface area contributed by atoms with E-state index in [4.69, 9.17) is 16.3 Å². The zero-order valence-corrected chi connectivity index (χ0v) is 27.1. The molecule has 1 saturated carbocycles. The van der Waals surface area contributed by atoms with Gasteiger partial charge in [-0.25, -0.2) is 17.2 Å². The normalized spacial score (nSPS) is 20.8. The smallest absolute Gasteiger partial charge is 0.252 e. The molecule has 2 aliphatic heterocycles. The number of ether oxygens (including phenoxy) is 1. The minimum atomic E-state index is -3.63. The summed E-state index contributed by atoms with van der Waals surface area (Å²) in [5.74, 6) is -4.52. The van der Waals surface area contributed by atoms with Crippen LogP contribution in [0.1, 0.15) is 42.9 Å². The monoisotopic (exact) mass is 673 g/mol. The number of halogens is 4. The Labute approximate surface area is 272 Å². The first-order chi connectivity index (χ1) is 21.9. The highest BCUT2D eigenvalue weighted by atomic mass is 35.5. The van der Waals surface area contributed by atoms with Crippen LogP contribution in [0.5, 0.6) is 5.75 Å². The van der Waals surface area contributed by atoms with Crippen molar-refractivity contribution in [2.24, 2.45) is 0 Å². The van der Waals surface area contributed by atoms with E-state index in [1.807, 2.05) is 47.4 Å². The molecule has 1 N–H and O–H groups in total. The highest BCUT2D eigenvalue weighted by Gasteiger charge is 2.48. The lowest BCUT2D eigenvalue weighted by atomic mass is 9.83. The zero-order valence-electron chi connectivity index (χ0n) is 25.5. The summed E-state index contributed by atoms with van der Waals surface area (Å²) < 4.78 is 74.9. The van der Waals surface area contributed by atoms with Gasteiger partial charge in [-0.15, -0.1) is 0 Å². The number of piperazine rings is 1. The van der Waals surface area contributed by atoms with Gasteiger partial charge in [-0.05, 0) is 66.6 Å². The van der Waals surface area contributed by atoms with Gasteiger partial charge in [-0.3, -0.25) is 4.79 Å². The van der Waals surface area contributed by atoms with Crippen molar-refractivity contribution in [3.8, 4) is 5.75 Å². The molecule has 0 spiro atoms. The lowest BCUT2D eigenvalue weighted by Crippen LogP contribution is -2.63. The van der Waals surface area contributed by atoms with E-state index in [-0.39, 0.29) is 24.4 Å². The molecule has 1 saturated heterocycles. The van der Waals surface area contributed by atoms with E-state index < -0.39 is 45.4 Å². The number of hydrogen-bond donors (Lipinski definition) is 1. The second kappa shape index (κ2) is 13.0. The van der Waals surface area contributed by atoms with E-state index in [2.05, 4.69) is 5.32 Å². The molecular formula is C34H35ClF3N3O4S. The van der Waals surface area contributed by atoms with E-state index in [0.29, 0.717) is 42.7 Å². The number of carbonyl (C=O) groups excluding carboxylic acids is 1. The topological polar surface area (TPSA) is 79.0 Å². The van der Waals surface area contributed by atoms with Crippen LogP contribution in [0.4, 0.5) is 13.2 Å². The summed E-state index contributed by atoms with van der Waals surface area (Å²) in [4.78, 5) is 16.4. The lowest BCUT2D eigenvalue weighted by Gasteiger charge is -2.47. The Balaban J connectivity index is 1.33. The number of carbonyl (C=O) groups is 1. The van der Waals surface area contributed by atoms with Crippen molar-refractivity contribution >= 4 is 33.1 Å². The van der Waals surface area contributed by atoms with Gasteiger partial charge in [0.1, 0.15) is 6.10 Å². The van der Waals surface area contributed by atoms with Crippen LogP contribution in [0.2, 0.25) is 5.02 Å². The van der Waals surface area contributed by atoms with E-state index in [9.17, 15) is 26.4 Å². The molecule has 6 rings (SSSR count). The van der Waals surface area contributed by atoms with Crippen LogP contribution in [-0.4, -0.2) is 67.1 Å². The van der Waals surface area contributed by atoms with Gasteiger partial charge in [0.2, 0.25) is 15.8 Å². The van der Waals surface area contributed by atoms with Crippen LogP contribution >= 0.6 is 11.6 Å². The highest BCUT2D eigenvalue weighted by molar-refractivity contribution is 7.88. The molecule has 1 amide bonds. The second-order valence-corrected chi connectivity index (χ2v) is 14.6. The first-order valence-electron chi connectivity index (χ1n) is 15.3. The molecule has 1 aliphatic carbocycles. The summed E-state index contributed by atoms with van der Waals surface area (Å²) in [6.07, 6.45) is 2.86. The minimum absolute atomic E-state index is 0.0371. The number of benzene rings is 3. The molecule has 244 valence electrons. The van der Waals surface area contributed by atoms with Crippen LogP contribution in [0.25, 0.3) is 5.57 Å². The summed E-state index contributed by atoms with van der Waals surface area (Å²) in [5.41, 5.74) is 3.66. The SMILES string of the molecule is CC(Cc1ccc(C2=C(C(=O)N(Cc3ccccc3Cl)C3CC3)C3CNCC(C2)N3S(C)(=O)=O)cc1)Oc1c(F)ccc(F)c1F. The van der Waals surface area contributed by atoms with Crippen LogP contribution in [0.15, 0.2) is 66.2 Å². The third-order valence-electron chi connectivity index (χ3n) is 8.79. The standard InChI is InChI=1S/C34H35ClF3N3O4S/c1-20(45-33-29(37)14-13-28(36)32(33)38)15-21-7-9-22(10-8-21)26-16-25-17-39-18-30(41(25)46(2,43)44)31(26)34(42)40(24-11-12-24)19-23-5-3-4-6-27(23)35/h3-10,13-14,20,24-25,30,39H,11-12,15-19H2,1-2H3. The maximum atomic E-state index is 14.6. The number of hydrogen-bond acceptors (Lipinski definition) is 5. The van der Waals surface area contributed by atoms with Crippen LogP contribution in [0.3, 0.4) is 0 Å². The molecule has 3 aromatic carbocycles. The van der Waals surface area contributed by atoms with Gasteiger partial charge < -0.3 is 15.0 Å². The molecule has 0 radical (unpaired) electrons. The Hall–Kier alpha value is -3.38. The fourth-order valence-corrected chi connectivity index (χ4v) is 8.09. The van der Waals surface area contributed by atoms with Gasteiger partial charge in [-0.2, -0.15) is 8.70 Å². The fraction of sp³-hybridized carbons (Fsp3) is 0.382. The number of nitrogens with one attached hydrogen (secondary N) is 1. The number of sulfonamides is 1. The Kier molecular flexibility index (Phi) is 9.22. The Morgan fingerprint density at radius 3 is 2.41 bits per heavy atom. The van der Waals surface area contributed by atoms with E-state index >= 15 is 0 Å². The quantitative estimate of drug-likeness (QED) is 0.279. The maximum Gasteiger partial charge on any atom is 0.252 e. The minimum Gasteiger partial charge on any atom is -0.484 e. The van der Waals surface area contributed by atoms with Crippen molar-refractivity contribution < 1.29 is 31.1 Å². The molecule has 2 bridgehead atoms. The van der Waals surface area contributed by atoms with Crippen molar-refractivity contribution in [1.82, 2.24) is 14.5 Å². The predicted octanol–water partition coefficient (Wildman–Crippen LogP) is 5.72. The van der Waals surface area contributed by atoms with Crippen molar-refractivity contribution in [2.45, 2.75) is 63.4 Å². The van der Waals surface area contributed by atoms with Gasteiger partial charge in [0.05, 0.1) is 12.3 Å². The maximum absolute atomic E-state index is 14.6. The van der Waals surface area contributed by atoms with E-state index in [1.165, 1.54) is 10.6 Å². The second-order valence-electron chi connectivity index (χ2n) is 12.3. The average molecular weight is 674 g/mol. The molecule has 12 heteroatoms. The van der Waals surface area contributed by atoms with Crippen LogP contribution in [0, 0.1) is 17.5 Å². The number of nitrogens with zero attached hydrogens (tertiary/aromatic N) is 2. The average Bonchev–Trinajstić information content (AvgIpc) is 3.85. The molecule has 2 heterocycles. The number of amides is 1. The van der Waals surface area contributed by atoms with Crippen LogP contribution < -0.4 is 10.1 Å². The van der Waals surface area contributed by atoms with Crippen molar-refractivity contribution in [1.29, 1.82) is 0 Å².